The molecule has 0 N–H and O–H groups in total. The van der Waals surface area contributed by atoms with Gasteiger partial charge in [0.1, 0.15) is 0 Å². The van der Waals surface area contributed by atoms with Crippen LogP contribution < -0.4 is 5.56 Å². The van der Waals surface area contributed by atoms with E-state index >= 15 is 0 Å². The summed E-state index contributed by atoms with van der Waals surface area (Å²) in [5.74, 6) is 0. The molecule has 0 aliphatic carbocycles. The minimum absolute atomic E-state index is 0.0339. The number of unbranched alkanes of at least 4 members (excludes halogenated alkanes) is 1. The fraction of sp³-hybridized carbons (Fsp3) is 0.300. The van der Waals surface area contributed by atoms with Gasteiger partial charge in [-0.1, -0.05) is 6.08 Å². The van der Waals surface area contributed by atoms with E-state index in [0.29, 0.717) is 4.47 Å². The van der Waals surface area contributed by atoms with E-state index < -0.39 is 0 Å². The van der Waals surface area contributed by atoms with Gasteiger partial charge in [0.2, 0.25) is 0 Å². The van der Waals surface area contributed by atoms with Crippen LogP contribution in [0.2, 0.25) is 0 Å². The average molecular weight is 242 g/mol. The van der Waals surface area contributed by atoms with E-state index in [1.807, 2.05) is 12.1 Å². The lowest BCUT2D eigenvalue weighted by molar-refractivity contribution is 0.627. The number of hydrogen-bond acceptors (Lipinski definition) is 1. The highest BCUT2D eigenvalue weighted by Crippen LogP contribution is 2.01. The quantitative estimate of drug-likeness (QED) is 0.587. The van der Waals surface area contributed by atoms with Gasteiger partial charge < -0.3 is 4.57 Å². The molecule has 0 fully saturated rings. The van der Waals surface area contributed by atoms with Gasteiger partial charge in [-0.2, -0.15) is 0 Å². The van der Waals surface area contributed by atoms with Crippen LogP contribution in [0, 0.1) is 0 Å². The van der Waals surface area contributed by atoms with E-state index in [-0.39, 0.29) is 5.56 Å². The molecule has 0 amide bonds. The van der Waals surface area contributed by atoms with Crippen LogP contribution in [0.4, 0.5) is 0 Å². The largest absolute Gasteiger partial charge is 0.315 e. The first kappa shape index (κ1) is 10.3. The number of nitrogens with zero attached hydrogens (tertiary/aromatic N) is 1. The summed E-state index contributed by atoms with van der Waals surface area (Å²) in [7, 11) is 0. The van der Waals surface area contributed by atoms with Crippen molar-refractivity contribution in [1.82, 2.24) is 4.57 Å². The third-order valence-corrected chi connectivity index (χ3v) is 2.38. The first-order chi connectivity index (χ1) is 6.25. The van der Waals surface area contributed by atoms with Crippen molar-refractivity contribution in [3.63, 3.8) is 0 Å². The van der Waals surface area contributed by atoms with E-state index in [4.69, 9.17) is 0 Å². The van der Waals surface area contributed by atoms with Gasteiger partial charge in [0, 0.05) is 12.7 Å². The fourth-order valence-electron chi connectivity index (χ4n) is 1.09. The number of aryl methyl sites for hydroxylation is 1. The Hall–Kier alpha value is -0.830. The Morgan fingerprint density at radius 3 is 3.08 bits per heavy atom. The predicted octanol–water partition coefficient (Wildman–Crippen LogP) is 2.58. The molecule has 2 nitrogen and oxygen atoms in total. The molecule has 1 heterocycles. The third-order valence-electron chi connectivity index (χ3n) is 1.78. The van der Waals surface area contributed by atoms with Crippen LogP contribution in [-0.4, -0.2) is 4.57 Å². The molecule has 0 aliphatic heterocycles. The van der Waals surface area contributed by atoms with E-state index in [0.717, 1.165) is 19.4 Å². The van der Waals surface area contributed by atoms with Gasteiger partial charge in [-0.3, -0.25) is 4.79 Å². The minimum Gasteiger partial charge on any atom is -0.315 e. The Morgan fingerprint density at radius 1 is 1.62 bits per heavy atom. The summed E-state index contributed by atoms with van der Waals surface area (Å²) in [6.45, 7) is 4.39. The van der Waals surface area contributed by atoms with Crippen LogP contribution in [-0.2, 0) is 6.54 Å². The van der Waals surface area contributed by atoms with Crippen molar-refractivity contribution in [3.8, 4) is 0 Å². The SMILES string of the molecule is C=CCCCn1cccc(Br)c1=O. The molecule has 0 aliphatic rings. The van der Waals surface area contributed by atoms with Crippen LogP contribution in [0.5, 0.6) is 0 Å². The fourth-order valence-corrected chi connectivity index (χ4v) is 1.47. The zero-order valence-corrected chi connectivity index (χ0v) is 8.96. The first-order valence-corrected chi connectivity index (χ1v) is 5.01. The molecular weight excluding hydrogens is 230 g/mol. The zero-order valence-electron chi connectivity index (χ0n) is 7.37. The maximum atomic E-state index is 11.5. The number of halogens is 1. The van der Waals surface area contributed by atoms with E-state index in [1.54, 1.807) is 16.8 Å². The highest BCUT2D eigenvalue weighted by molar-refractivity contribution is 9.10. The lowest BCUT2D eigenvalue weighted by Crippen LogP contribution is -2.19. The lowest BCUT2D eigenvalue weighted by atomic mass is 10.3. The number of pyridine rings is 1. The molecule has 0 atom stereocenters. The first-order valence-electron chi connectivity index (χ1n) is 4.21. The number of aromatic nitrogens is 1. The molecular formula is C10H12BrNO. The summed E-state index contributed by atoms with van der Waals surface area (Å²) in [5.41, 5.74) is 0.0339. The molecule has 0 unspecified atom stereocenters. The molecule has 0 spiro atoms. The third kappa shape index (κ3) is 2.84. The number of allylic oxidation sites excluding steroid dienone is 1. The van der Waals surface area contributed by atoms with Crippen LogP contribution in [0.1, 0.15) is 12.8 Å². The summed E-state index contributed by atoms with van der Waals surface area (Å²) in [5, 5.41) is 0. The van der Waals surface area contributed by atoms with E-state index in [1.165, 1.54) is 0 Å². The summed E-state index contributed by atoms with van der Waals surface area (Å²) in [6.07, 6.45) is 5.57. The van der Waals surface area contributed by atoms with Crippen LogP contribution in [0.15, 0.2) is 40.3 Å². The normalized spacial score (nSPS) is 9.92. The Morgan fingerprint density at radius 2 is 2.38 bits per heavy atom. The minimum atomic E-state index is 0.0339. The van der Waals surface area contributed by atoms with Crippen molar-refractivity contribution in [3.05, 3.63) is 45.8 Å². The second kappa shape index (κ2) is 5.02. The van der Waals surface area contributed by atoms with E-state index in [9.17, 15) is 4.79 Å². The van der Waals surface area contributed by atoms with Crippen LogP contribution in [0.25, 0.3) is 0 Å². The summed E-state index contributed by atoms with van der Waals surface area (Å²) >= 11 is 3.20. The predicted molar refractivity (Wildman–Crippen MR) is 57.8 cm³/mol. The molecule has 0 saturated heterocycles. The summed E-state index contributed by atoms with van der Waals surface area (Å²) in [4.78, 5) is 11.5. The molecule has 3 heteroatoms. The Balaban J connectivity index is 2.72. The Bertz CT molecular complexity index is 343. The molecule has 1 aromatic heterocycles. The number of hydrogen-bond donors (Lipinski definition) is 0. The van der Waals surface area contributed by atoms with Crippen molar-refractivity contribution < 1.29 is 0 Å². The van der Waals surface area contributed by atoms with Crippen molar-refractivity contribution in [2.24, 2.45) is 0 Å². The smallest absolute Gasteiger partial charge is 0.264 e. The van der Waals surface area contributed by atoms with Gasteiger partial charge in [-0.15, -0.1) is 6.58 Å². The van der Waals surface area contributed by atoms with Gasteiger partial charge in [0.25, 0.3) is 5.56 Å². The van der Waals surface area contributed by atoms with Gasteiger partial charge >= 0.3 is 0 Å². The summed E-state index contributed by atoms with van der Waals surface area (Å²) in [6, 6.07) is 3.62. The highest BCUT2D eigenvalue weighted by Gasteiger charge is 1.97. The molecule has 0 aromatic carbocycles. The molecule has 0 saturated carbocycles. The van der Waals surface area contributed by atoms with Gasteiger partial charge in [0.05, 0.1) is 4.47 Å². The molecule has 1 aromatic rings. The van der Waals surface area contributed by atoms with Crippen molar-refractivity contribution in [1.29, 1.82) is 0 Å². The molecule has 0 bridgehead atoms. The van der Waals surface area contributed by atoms with Crippen LogP contribution >= 0.6 is 15.9 Å². The second-order valence-corrected chi connectivity index (χ2v) is 3.64. The average Bonchev–Trinajstić information content (AvgIpc) is 2.13. The summed E-state index contributed by atoms with van der Waals surface area (Å²) < 4.78 is 2.32. The monoisotopic (exact) mass is 241 g/mol. The van der Waals surface area contributed by atoms with Crippen LogP contribution in [0.3, 0.4) is 0 Å². The second-order valence-electron chi connectivity index (χ2n) is 2.79. The van der Waals surface area contributed by atoms with Crippen molar-refractivity contribution in [2.45, 2.75) is 19.4 Å². The zero-order chi connectivity index (χ0) is 9.68. The van der Waals surface area contributed by atoms with Gasteiger partial charge in [-0.05, 0) is 40.9 Å². The van der Waals surface area contributed by atoms with Crippen molar-refractivity contribution >= 4 is 15.9 Å². The maximum Gasteiger partial charge on any atom is 0.264 e. The van der Waals surface area contributed by atoms with Gasteiger partial charge in [-0.25, -0.2) is 0 Å². The highest BCUT2D eigenvalue weighted by atomic mass is 79.9. The standard InChI is InChI=1S/C10H12BrNO/c1-2-3-4-7-12-8-5-6-9(11)10(12)13/h2,5-6,8H,1,3-4,7H2. The maximum absolute atomic E-state index is 11.5. The topological polar surface area (TPSA) is 22.0 Å². The van der Waals surface area contributed by atoms with E-state index in [2.05, 4.69) is 22.5 Å². The molecule has 1 rings (SSSR count). The van der Waals surface area contributed by atoms with Crippen molar-refractivity contribution in [2.75, 3.05) is 0 Å². The molecule has 13 heavy (non-hydrogen) atoms. The Kier molecular flexibility index (Phi) is 3.96. The lowest BCUT2D eigenvalue weighted by Gasteiger charge is -2.03. The Labute approximate surface area is 86.0 Å². The van der Waals surface area contributed by atoms with Gasteiger partial charge in [0.15, 0.2) is 0 Å². The number of rotatable bonds is 4. The molecule has 0 radical (unpaired) electrons. The molecule has 70 valence electrons.